The van der Waals surface area contributed by atoms with Gasteiger partial charge in [0.15, 0.2) is 5.82 Å². The summed E-state index contributed by atoms with van der Waals surface area (Å²) in [5.41, 5.74) is 3.23. The van der Waals surface area contributed by atoms with Gasteiger partial charge in [0.25, 0.3) is 0 Å². The van der Waals surface area contributed by atoms with Crippen molar-refractivity contribution in [2.75, 3.05) is 12.4 Å². The van der Waals surface area contributed by atoms with Crippen LogP contribution in [0.1, 0.15) is 22.3 Å². The van der Waals surface area contributed by atoms with E-state index in [-0.39, 0.29) is 18.3 Å². The highest BCUT2D eigenvalue weighted by Crippen LogP contribution is 2.25. The van der Waals surface area contributed by atoms with Crippen LogP contribution in [0.15, 0.2) is 83.5 Å². The Bertz CT molecular complexity index is 1400. The second-order valence-corrected chi connectivity index (χ2v) is 8.92. The van der Waals surface area contributed by atoms with Crippen LogP contribution in [0.2, 0.25) is 0 Å². The monoisotopic (exact) mass is 549 g/mol. The number of methoxy groups -OCH3 is 1. The summed E-state index contributed by atoms with van der Waals surface area (Å²) < 4.78 is 27.5. The summed E-state index contributed by atoms with van der Waals surface area (Å²) >= 11 is 3.40. The van der Waals surface area contributed by atoms with Crippen LogP contribution < -0.4 is 14.8 Å². The molecular weight excluding hydrogens is 525 g/mol. The van der Waals surface area contributed by atoms with E-state index < -0.39 is 0 Å². The standard InChI is InChI=1S/C28H25BrFN3O3/c1-19-7-3-6-10-25(19)36-18-22-15-20(11-13-26(22)35-2)12-14-27(34)31-28-23(29)17-33(32-28)16-21-8-4-5-9-24(21)30/h3-15,17H,16,18H2,1-2H3,(H,31,32,34)/b14-12+. The number of rotatable bonds is 9. The number of carbonyl (C=O) groups excluding carboxylic acids is 1. The fourth-order valence-electron chi connectivity index (χ4n) is 3.58. The molecule has 0 radical (unpaired) electrons. The van der Waals surface area contributed by atoms with Gasteiger partial charge >= 0.3 is 0 Å². The third-order valence-electron chi connectivity index (χ3n) is 5.46. The van der Waals surface area contributed by atoms with Gasteiger partial charge in [-0.3, -0.25) is 9.48 Å². The van der Waals surface area contributed by atoms with Gasteiger partial charge in [0.2, 0.25) is 5.91 Å². The van der Waals surface area contributed by atoms with Crippen LogP contribution in [0.25, 0.3) is 6.08 Å². The first-order valence-corrected chi connectivity index (χ1v) is 12.0. The largest absolute Gasteiger partial charge is 0.496 e. The molecule has 0 aliphatic heterocycles. The van der Waals surface area contributed by atoms with Crippen LogP contribution in [0.3, 0.4) is 0 Å². The van der Waals surface area contributed by atoms with Crippen molar-refractivity contribution in [2.45, 2.75) is 20.1 Å². The number of para-hydroxylation sites is 1. The van der Waals surface area contributed by atoms with Crippen molar-refractivity contribution >= 4 is 33.7 Å². The van der Waals surface area contributed by atoms with Gasteiger partial charge in [-0.1, -0.05) is 42.5 Å². The lowest BCUT2D eigenvalue weighted by Gasteiger charge is -2.12. The molecule has 1 aromatic heterocycles. The highest BCUT2D eigenvalue weighted by molar-refractivity contribution is 9.10. The zero-order valence-corrected chi connectivity index (χ0v) is 21.5. The number of halogens is 2. The van der Waals surface area contributed by atoms with E-state index in [4.69, 9.17) is 9.47 Å². The number of aromatic nitrogens is 2. The predicted molar refractivity (Wildman–Crippen MR) is 142 cm³/mol. The van der Waals surface area contributed by atoms with E-state index in [1.807, 2.05) is 49.4 Å². The van der Waals surface area contributed by atoms with Crippen LogP contribution >= 0.6 is 15.9 Å². The molecule has 0 fully saturated rings. The minimum atomic E-state index is -0.347. The van der Waals surface area contributed by atoms with Crippen molar-refractivity contribution < 1.29 is 18.7 Å². The minimum absolute atomic E-state index is 0.246. The number of benzene rings is 3. The first-order chi connectivity index (χ1) is 17.4. The number of hydrogen-bond donors (Lipinski definition) is 1. The van der Waals surface area contributed by atoms with E-state index >= 15 is 0 Å². The van der Waals surface area contributed by atoms with E-state index in [9.17, 15) is 9.18 Å². The average Bonchev–Trinajstić information content (AvgIpc) is 3.21. The molecule has 0 aliphatic rings. The molecule has 0 aliphatic carbocycles. The van der Waals surface area contributed by atoms with Gasteiger partial charge in [-0.15, -0.1) is 0 Å². The number of ether oxygens (including phenoxy) is 2. The Labute approximate surface area is 217 Å². The van der Waals surface area contributed by atoms with Crippen LogP contribution in [-0.4, -0.2) is 22.8 Å². The van der Waals surface area contributed by atoms with Crippen molar-refractivity contribution in [2.24, 2.45) is 0 Å². The molecule has 1 amide bonds. The summed E-state index contributed by atoms with van der Waals surface area (Å²) in [6.07, 6.45) is 4.82. The van der Waals surface area contributed by atoms with Gasteiger partial charge in [-0.25, -0.2) is 4.39 Å². The molecule has 4 aromatic rings. The molecule has 1 N–H and O–H groups in total. The number of nitrogens with zero attached hydrogens (tertiary/aromatic N) is 2. The molecule has 0 saturated heterocycles. The van der Waals surface area contributed by atoms with Gasteiger partial charge in [-0.2, -0.15) is 5.10 Å². The number of hydrogen-bond acceptors (Lipinski definition) is 4. The van der Waals surface area contributed by atoms with Crippen LogP contribution in [-0.2, 0) is 17.9 Å². The van der Waals surface area contributed by atoms with Crippen molar-refractivity contribution in [3.8, 4) is 11.5 Å². The zero-order valence-electron chi connectivity index (χ0n) is 19.9. The molecule has 36 heavy (non-hydrogen) atoms. The molecule has 4 rings (SSSR count). The number of anilines is 1. The normalized spacial score (nSPS) is 11.0. The van der Waals surface area contributed by atoms with Gasteiger partial charge in [0.1, 0.15) is 23.9 Å². The Morgan fingerprint density at radius 3 is 2.64 bits per heavy atom. The lowest BCUT2D eigenvalue weighted by atomic mass is 10.1. The number of nitrogens with one attached hydrogen (secondary N) is 1. The Kier molecular flexibility index (Phi) is 8.17. The predicted octanol–water partition coefficient (Wildman–Crippen LogP) is 6.38. The summed E-state index contributed by atoms with van der Waals surface area (Å²) in [5, 5.41) is 7.09. The minimum Gasteiger partial charge on any atom is -0.496 e. The first kappa shape index (κ1) is 25.2. The van der Waals surface area contributed by atoms with Gasteiger partial charge in [0, 0.05) is 23.4 Å². The molecule has 0 atom stereocenters. The fraction of sp³-hybridized carbons (Fsp3) is 0.143. The van der Waals surface area contributed by atoms with Crippen molar-refractivity contribution in [3.63, 3.8) is 0 Å². The fourth-order valence-corrected chi connectivity index (χ4v) is 4.00. The van der Waals surface area contributed by atoms with E-state index in [0.29, 0.717) is 28.2 Å². The SMILES string of the molecule is COc1ccc(/C=C/C(=O)Nc2nn(Cc3ccccc3F)cc2Br)cc1COc1ccccc1C. The quantitative estimate of drug-likeness (QED) is 0.246. The molecule has 184 valence electrons. The first-order valence-electron chi connectivity index (χ1n) is 11.2. The Morgan fingerprint density at radius 2 is 1.86 bits per heavy atom. The maximum Gasteiger partial charge on any atom is 0.249 e. The zero-order chi connectivity index (χ0) is 25.5. The average molecular weight is 550 g/mol. The number of aryl methyl sites for hydroxylation is 1. The van der Waals surface area contributed by atoms with Gasteiger partial charge in [0.05, 0.1) is 18.1 Å². The second-order valence-electron chi connectivity index (χ2n) is 8.06. The molecule has 1 heterocycles. The Morgan fingerprint density at radius 1 is 1.08 bits per heavy atom. The maximum atomic E-state index is 13.9. The second kappa shape index (κ2) is 11.7. The van der Waals surface area contributed by atoms with Gasteiger partial charge < -0.3 is 14.8 Å². The van der Waals surface area contributed by atoms with Crippen molar-refractivity contribution in [1.29, 1.82) is 0 Å². The molecule has 0 unspecified atom stereocenters. The smallest absolute Gasteiger partial charge is 0.249 e. The van der Waals surface area contributed by atoms with Gasteiger partial charge in [-0.05, 0) is 64.3 Å². The summed E-state index contributed by atoms with van der Waals surface area (Å²) in [7, 11) is 1.61. The molecule has 6 nitrogen and oxygen atoms in total. The number of amides is 1. The number of carbonyl (C=O) groups is 1. The summed E-state index contributed by atoms with van der Waals surface area (Å²) in [5.74, 6) is 1.21. The molecule has 0 bridgehead atoms. The van der Waals surface area contributed by atoms with E-state index in [1.54, 1.807) is 42.3 Å². The third-order valence-corrected chi connectivity index (χ3v) is 6.04. The molecule has 8 heteroatoms. The van der Waals surface area contributed by atoms with Crippen LogP contribution in [0, 0.1) is 12.7 Å². The summed E-state index contributed by atoms with van der Waals surface area (Å²) in [6, 6.07) is 19.9. The van der Waals surface area contributed by atoms with Crippen LogP contribution in [0.4, 0.5) is 10.2 Å². The van der Waals surface area contributed by atoms with Crippen molar-refractivity contribution in [3.05, 3.63) is 112 Å². The summed E-state index contributed by atoms with van der Waals surface area (Å²) in [4.78, 5) is 12.5. The maximum absolute atomic E-state index is 13.9. The van der Waals surface area contributed by atoms with E-state index in [2.05, 4.69) is 26.3 Å². The topological polar surface area (TPSA) is 65.4 Å². The Hall–Kier alpha value is -3.91. The highest BCUT2D eigenvalue weighted by atomic mass is 79.9. The molecular formula is C28H25BrFN3O3. The van der Waals surface area contributed by atoms with Crippen LogP contribution in [0.5, 0.6) is 11.5 Å². The Balaban J connectivity index is 1.41. The van der Waals surface area contributed by atoms with E-state index in [1.165, 1.54) is 12.1 Å². The molecule has 3 aromatic carbocycles. The third kappa shape index (κ3) is 6.40. The van der Waals surface area contributed by atoms with E-state index in [0.717, 1.165) is 22.4 Å². The highest BCUT2D eigenvalue weighted by Gasteiger charge is 2.11. The van der Waals surface area contributed by atoms with Crippen molar-refractivity contribution in [1.82, 2.24) is 9.78 Å². The lowest BCUT2D eigenvalue weighted by Crippen LogP contribution is -2.10. The molecule has 0 saturated carbocycles. The summed E-state index contributed by atoms with van der Waals surface area (Å²) in [6.45, 7) is 2.57. The molecule has 0 spiro atoms. The lowest BCUT2D eigenvalue weighted by molar-refractivity contribution is -0.111.